The van der Waals surface area contributed by atoms with Crippen LogP contribution in [0.15, 0.2) is 18.2 Å². The molecule has 0 unspecified atom stereocenters. The molecule has 1 aliphatic carbocycles. The molecule has 0 heterocycles. The molecule has 1 saturated carbocycles. The Balaban J connectivity index is 1.96. The lowest BCUT2D eigenvalue weighted by Gasteiger charge is -2.25. The Morgan fingerprint density at radius 3 is 2.61 bits per heavy atom. The lowest BCUT2D eigenvalue weighted by Crippen LogP contribution is -2.26. The van der Waals surface area contributed by atoms with Crippen molar-refractivity contribution in [3.8, 4) is 0 Å². The fourth-order valence-corrected chi connectivity index (χ4v) is 2.51. The van der Waals surface area contributed by atoms with Gasteiger partial charge in [-0.25, -0.2) is 0 Å². The summed E-state index contributed by atoms with van der Waals surface area (Å²) in [6.07, 6.45) is 4.24. The van der Waals surface area contributed by atoms with Crippen molar-refractivity contribution in [2.45, 2.75) is 32.6 Å². The maximum Gasteiger partial charge on any atom is 0.227 e. The molecule has 1 fully saturated rings. The second-order valence-corrected chi connectivity index (χ2v) is 5.59. The van der Waals surface area contributed by atoms with Gasteiger partial charge in [0, 0.05) is 11.6 Å². The molecule has 1 aromatic carbocycles. The Hall–Kier alpha value is -1.22. The van der Waals surface area contributed by atoms with Gasteiger partial charge >= 0.3 is 0 Å². The number of nitrogen functional groups attached to an aromatic ring is 1. The number of hydrogen-bond acceptors (Lipinski definition) is 2. The number of amides is 1. The SMILES string of the molecule is CC1CCC(C(=O)Nc2ccc(Cl)c(N)c2)CC1. The fourth-order valence-electron chi connectivity index (χ4n) is 2.39. The first-order valence-corrected chi connectivity index (χ1v) is 6.80. The van der Waals surface area contributed by atoms with E-state index in [0.29, 0.717) is 10.7 Å². The topological polar surface area (TPSA) is 55.1 Å². The van der Waals surface area contributed by atoms with Crippen molar-refractivity contribution in [1.82, 2.24) is 0 Å². The highest BCUT2D eigenvalue weighted by Crippen LogP contribution is 2.29. The van der Waals surface area contributed by atoms with Gasteiger partial charge in [0.1, 0.15) is 0 Å². The van der Waals surface area contributed by atoms with E-state index in [1.807, 2.05) is 0 Å². The Morgan fingerprint density at radius 1 is 1.33 bits per heavy atom. The minimum atomic E-state index is 0.101. The third-order valence-corrected chi connectivity index (χ3v) is 3.99. The number of nitrogens with two attached hydrogens (primary N) is 1. The van der Waals surface area contributed by atoms with Crippen LogP contribution in [0.1, 0.15) is 32.6 Å². The van der Waals surface area contributed by atoms with Crippen LogP contribution in [0.2, 0.25) is 5.02 Å². The van der Waals surface area contributed by atoms with Crippen molar-refractivity contribution < 1.29 is 4.79 Å². The lowest BCUT2D eigenvalue weighted by molar-refractivity contribution is -0.121. The molecule has 3 N–H and O–H groups in total. The van der Waals surface area contributed by atoms with E-state index in [1.54, 1.807) is 18.2 Å². The maximum absolute atomic E-state index is 12.1. The first kappa shape index (κ1) is 13.2. The third kappa shape index (κ3) is 3.16. The Morgan fingerprint density at radius 2 is 2.00 bits per heavy atom. The van der Waals surface area contributed by atoms with Gasteiger partial charge in [-0.15, -0.1) is 0 Å². The summed E-state index contributed by atoms with van der Waals surface area (Å²) in [5.41, 5.74) is 6.92. The smallest absolute Gasteiger partial charge is 0.227 e. The molecule has 0 aliphatic heterocycles. The van der Waals surface area contributed by atoms with Crippen LogP contribution in [0.3, 0.4) is 0 Å². The zero-order chi connectivity index (χ0) is 13.1. The predicted molar refractivity (Wildman–Crippen MR) is 75.6 cm³/mol. The van der Waals surface area contributed by atoms with Crippen molar-refractivity contribution in [2.24, 2.45) is 11.8 Å². The van der Waals surface area contributed by atoms with Gasteiger partial charge in [-0.1, -0.05) is 18.5 Å². The summed E-state index contributed by atoms with van der Waals surface area (Å²) in [4.78, 5) is 12.1. The molecule has 0 saturated heterocycles. The molecule has 0 bridgehead atoms. The molecular weight excluding hydrogens is 248 g/mol. The fraction of sp³-hybridized carbons (Fsp3) is 0.500. The lowest BCUT2D eigenvalue weighted by atomic mass is 9.82. The zero-order valence-corrected chi connectivity index (χ0v) is 11.3. The van der Waals surface area contributed by atoms with Gasteiger partial charge < -0.3 is 11.1 Å². The summed E-state index contributed by atoms with van der Waals surface area (Å²) >= 11 is 5.84. The van der Waals surface area contributed by atoms with Gasteiger partial charge in [-0.2, -0.15) is 0 Å². The molecule has 0 spiro atoms. The molecular formula is C14H19ClN2O. The zero-order valence-electron chi connectivity index (χ0n) is 10.6. The molecule has 2 rings (SSSR count). The van der Waals surface area contributed by atoms with Crippen LogP contribution in [0.4, 0.5) is 11.4 Å². The summed E-state index contributed by atoms with van der Waals surface area (Å²) in [5, 5.41) is 3.43. The van der Waals surface area contributed by atoms with Crippen LogP contribution in [-0.4, -0.2) is 5.91 Å². The first-order chi connectivity index (χ1) is 8.56. The van der Waals surface area contributed by atoms with Crippen LogP contribution in [-0.2, 0) is 4.79 Å². The molecule has 0 aromatic heterocycles. The normalized spacial score (nSPS) is 23.7. The Labute approximate surface area is 113 Å². The van der Waals surface area contributed by atoms with E-state index < -0.39 is 0 Å². The van der Waals surface area contributed by atoms with Gasteiger partial charge in [-0.3, -0.25) is 4.79 Å². The van der Waals surface area contributed by atoms with Crippen LogP contribution in [0.5, 0.6) is 0 Å². The van der Waals surface area contributed by atoms with Gasteiger partial charge in [0.2, 0.25) is 5.91 Å². The van der Waals surface area contributed by atoms with Crippen molar-refractivity contribution in [3.05, 3.63) is 23.2 Å². The summed E-state index contributed by atoms with van der Waals surface area (Å²) in [6.45, 7) is 2.24. The molecule has 1 amide bonds. The van der Waals surface area contributed by atoms with E-state index in [1.165, 1.54) is 0 Å². The van der Waals surface area contributed by atoms with E-state index in [9.17, 15) is 4.79 Å². The number of nitrogens with one attached hydrogen (secondary N) is 1. The Kier molecular flexibility index (Phi) is 4.12. The molecule has 1 aromatic rings. The van der Waals surface area contributed by atoms with E-state index in [4.69, 9.17) is 17.3 Å². The highest BCUT2D eigenvalue weighted by Gasteiger charge is 2.24. The largest absolute Gasteiger partial charge is 0.397 e. The molecule has 3 nitrogen and oxygen atoms in total. The molecule has 98 valence electrons. The van der Waals surface area contributed by atoms with Crippen LogP contribution >= 0.6 is 11.6 Å². The van der Waals surface area contributed by atoms with Crippen molar-refractivity contribution in [1.29, 1.82) is 0 Å². The second-order valence-electron chi connectivity index (χ2n) is 5.18. The van der Waals surface area contributed by atoms with E-state index in [2.05, 4.69) is 12.2 Å². The summed E-state index contributed by atoms with van der Waals surface area (Å²) < 4.78 is 0. The number of benzene rings is 1. The quantitative estimate of drug-likeness (QED) is 0.802. The van der Waals surface area contributed by atoms with Crippen LogP contribution in [0, 0.1) is 11.8 Å². The first-order valence-electron chi connectivity index (χ1n) is 6.42. The standard InChI is InChI=1S/C14H19ClN2O/c1-9-2-4-10(5-3-9)14(18)17-11-6-7-12(15)13(16)8-11/h6-10H,2-5,16H2,1H3,(H,17,18). The highest BCUT2D eigenvalue weighted by atomic mass is 35.5. The van der Waals surface area contributed by atoms with Crippen molar-refractivity contribution in [3.63, 3.8) is 0 Å². The predicted octanol–water partition coefficient (Wildman–Crippen LogP) is 3.69. The minimum Gasteiger partial charge on any atom is -0.397 e. The minimum absolute atomic E-state index is 0.101. The third-order valence-electron chi connectivity index (χ3n) is 3.65. The van der Waals surface area contributed by atoms with E-state index in [-0.39, 0.29) is 11.8 Å². The molecule has 4 heteroatoms. The maximum atomic E-state index is 12.1. The average Bonchev–Trinajstić information content (AvgIpc) is 2.34. The summed E-state index contributed by atoms with van der Waals surface area (Å²) in [6, 6.07) is 5.18. The highest BCUT2D eigenvalue weighted by molar-refractivity contribution is 6.33. The summed E-state index contributed by atoms with van der Waals surface area (Å²) in [7, 11) is 0. The average molecular weight is 267 g/mol. The monoisotopic (exact) mass is 266 g/mol. The summed E-state index contributed by atoms with van der Waals surface area (Å²) in [5.74, 6) is 0.988. The van der Waals surface area contributed by atoms with Crippen molar-refractivity contribution in [2.75, 3.05) is 11.1 Å². The van der Waals surface area contributed by atoms with Gasteiger partial charge in [0.15, 0.2) is 0 Å². The number of hydrogen-bond donors (Lipinski definition) is 2. The van der Waals surface area contributed by atoms with E-state index >= 15 is 0 Å². The molecule has 18 heavy (non-hydrogen) atoms. The second kappa shape index (κ2) is 5.61. The number of halogens is 1. The van der Waals surface area contributed by atoms with E-state index in [0.717, 1.165) is 37.3 Å². The number of anilines is 2. The number of rotatable bonds is 2. The number of carbonyl (C=O) groups is 1. The molecule has 0 radical (unpaired) electrons. The van der Waals surface area contributed by atoms with Crippen LogP contribution in [0.25, 0.3) is 0 Å². The van der Waals surface area contributed by atoms with Crippen LogP contribution < -0.4 is 11.1 Å². The molecule has 0 atom stereocenters. The van der Waals surface area contributed by atoms with Gasteiger partial charge in [0.25, 0.3) is 0 Å². The Bertz CT molecular complexity index is 439. The van der Waals surface area contributed by atoms with Gasteiger partial charge in [-0.05, 0) is 49.8 Å². The number of carbonyl (C=O) groups excluding carboxylic acids is 1. The van der Waals surface area contributed by atoms with Gasteiger partial charge in [0.05, 0.1) is 10.7 Å². The molecule has 1 aliphatic rings. The van der Waals surface area contributed by atoms with Crippen molar-refractivity contribution >= 4 is 28.9 Å².